The number of thiazole rings is 1. The minimum absolute atomic E-state index is 0.160. The molecule has 0 aliphatic rings. The number of aromatic amines is 1. The standard InChI is InChI=1S/C4H3NO2S3/c6-3(7)1-2(8)5-4(9)10-1/h8H,(H,5,9)(H,6,7). The van der Waals surface area contributed by atoms with Gasteiger partial charge in [-0.1, -0.05) is 11.3 Å². The molecule has 0 bridgehead atoms. The third-order valence-corrected chi connectivity index (χ3v) is 2.53. The van der Waals surface area contributed by atoms with E-state index in [-0.39, 0.29) is 4.88 Å². The van der Waals surface area contributed by atoms with Gasteiger partial charge in [0, 0.05) is 0 Å². The highest BCUT2D eigenvalue weighted by molar-refractivity contribution is 7.80. The average Bonchev–Trinajstić information content (AvgIpc) is 2.10. The predicted octanol–water partition coefficient (Wildman–Crippen LogP) is 1.79. The maximum absolute atomic E-state index is 10.3. The van der Waals surface area contributed by atoms with Gasteiger partial charge in [0.15, 0.2) is 3.95 Å². The monoisotopic (exact) mass is 193 g/mol. The summed E-state index contributed by atoms with van der Waals surface area (Å²) in [5, 5.41) is 8.80. The molecule has 54 valence electrons. The minimum atomic E-state index is -0.998. The summed E-state index contributed by atoms with van der Waals surface area (Å²) in [5.74, 6) is -0.998. The Balaban J connectivity index is 3.28. The third-order valence-electron chi connectivity index (χ3n) is 0.825. The number of aromatic nitrogens is 1. The molecule has 0 unspecified atom stereocenters. The van der Waals surface area contributed by atoms with E-state index in [1.807, 2.05) is 0 Å². The largest absolute Gasteiger partial charge is 0.477 e. The van der Waals surface area contributed by atoms with Crippen molar-refractivity contribution in [2.75, 3.05) is 0 Å². The summed E-state index contributed by atoms with van der Waals surface area (Å²) >= 11 is 9.56. The van der Waals surface area contributed by atoms with Crippen LogP contribution in [0.15, 0.2) is 5.03 Å². The first-order valence-corrected chi connectivity index (χ1v) is 3.94. The number of carbonyl (C=O) groups is 1. The van der Waals surface area contributed by atoms with Crippen molar-refractivity contribution < 1.29 is 9.90 Å². The first-order valence-electron chi connectivity index (χ1n) is 2.26. The lowest BCUT2D eigenvalue weighted by Crippen LogP contribution is -1.92. The average molecular weight is 193 g/mol. The summed E-state index contributed by atoms with van der Waals surface area (Å²) in [5.41, 5.74) is 0. The Kier molecular flexibility index (Phi) is 2.12. The van der Waals surface area contributed by atoms with E-state index < -0.39 is 5.97 Å². The van der Waals surface area contributed by atoms with Gasteiger partial charge in [-0.05, 0) is 12.2 Å². The normalized spacial score (nSPS) is 9.70. The van der Waals surface area contributed by atoms with Gasteiger partial charge in [-0.15, -0.1) is 12.6 Å². The van der Waals surface area contributed by atoms with Crippen LogP contribution < -0.4 is 0 Å². The van der Waals surface area contributed by atoms with E-state index in [0.29, 0.717) is 8.98 Å². The van der Waals surface area contributed by atoms with Gasteiger partial charge in [0.25, 0.3) is 0 Å². The molecule has 0 atom stereocenters. The Hall–Kier alpha value is -0.330. The number of thiol groups is 1. The van der Waals surface area contributed by atoms with E-state index in [0.717, 1.165) is 11.3 Å². The van der Waals surface area contributed by atoms with Crippen LogP contribution in [-0.4, -0.2) is 16.1 Å². The zero-order valence-electron chi connectivity index (χ0n) is 4.62. The van der Waals surface area contributed by atoms with Gasteiger partial charge in [-0.25, -0.2) is 4.79 Å². The molecule has 0 radical (unpaired) electrons. The number of carboxylic acid groups (broad SMARTS) is 1. The van der Waals surface area contributed by atoms with Crippen molar-refractivity contribution in [3.63, 3.8) is 0 Å². The summed E-state index contributed by atoms with van der Waals surface area (Å²) in [6.45, 7) is 0. The van der Waals surface area contributed by atoms with Crippen LogP contribution in [0.5, 0.6) is 0 Å². The van der Waals surface area contributed by atoms with Crippen LogP contribution in [0, 0.1) is 3.95 Å². The molecule has 6 heteroatoms. The Bertz CT molecular complexity index is 313. The SMILES string of the molecule is O=C(O)c1sc(=S)[nH]c1S. The summed E-state index contributed by atoms with van der Waals surface area (Å²) in [6, 6.07) is 0. The molecular weight excluding hydrogens is 190 g/mol. The molecule has 1 rings (SSSR count). The number of H-pyrrole nitrogens is 1. The zero-order chi connectivity index (χ0) is 7.72. The number of carboxylic acids is 1. The van der Waals surface area contributed by atoms with Crippen molar-refractivity contribution in [3.05, 3.63) is 8.83 Å². The van der Waals surface area contributed by atoms with Crippen molar-refractivity contribution in [2.24, 2.45) is 0 Å². The molecule has 1 aromatic rings. The van der Waals surface area contributed by atoms with Crippen molar-refractivity contribution in [2.45, 2.75) is 5.03 Å². The van der Waals surface area contributed by atoms with E-state index in [2.05, 4.69) is 17.6 Å². The number of rotatable bonds is 1. The van der Waals surface area contributed by atoms with E-state index in [1.165, 1.54) is 0 Å². The van der Waals surface area contributed by atoms with Gasteiger partial charge >= 0.3 is 5.97 Å². The molecule has 1 aromatic heterocycles. The molecule has 0 aliphatic heterocycles. The first kappa shape index (κ1) is 7.77. The van der Waals surface area contributed by atoms with Crippen molar-refractivity contribution in [1.29, 1.82) is 0 Å². The van der Waals surface area contributed by atoms with Crippen LogP contribution in [0.25, 0.3) is 0 Å². The molecule has 0 saturated carbocycles. The second kappa shape index (κ2) is 2.73. The third kappa shape index (κ3) is 1.39. The Morgan fingerprint density at radius 3 is 2.60 bits per heavy atom. The summed E-state index contributed by atoms with van der Waals surface area (Å²) < 4.78 is 0.433. The molecule has 0 fully saturated rings. The molecule has 0 aliphatic carbocycles. The fourth-order valence-electron chi connectivity index (χ4n) is 0.465. The first-order chi connectivity index (χ1) is 4.61. The number of hydrogen-bond donors (Lipinski definition) is 3. The summed E-state index contributed by atoms with van der Waals surface area (Å²) in [7, 11) is 0. The lowest BCUT2D eigenvalue weighted by atomic mass is 10.6. The van der Waals surface area contributed by atoms with Gasteiger partial charge < -0.3 is 10.1 Å². The molecule has 0 spiro atoms. The summed E-state index contributed by atoms with van der Waals surface area (Å²) in [6.07, 6.45) is 0. The predicted molar refractivity (Wildman–Crippen MR) is 43.7 cm³/mol. The van der Waals surface area contributed by atoms with Crippen LogP contribution in [0.1, 0.15) is 9.67 Å². The second-order valence-corrected chi connectivity index (χ2v) is 3.63. The molecule has 0 amide bonds. The molecule has 2 N–H and O–H groups in total. The molecule has 1 heterocycles. The van der Waals surface area contributed by atoms with Crippen molar-refractivity contribution in [3.8, 4) is 0 Å². The molecule has 10 heavy (non-hydrogen) atoms. The number of hydrogen-bond acceptors (Lipinski definition) is 4. The van der Waals surface area contributed by atoms with Crippen LogP contribution in [0.2, 0.25) is 0 Å². The molecular formula is C4H3NO2S3. The maximum Gasteiger partial charge on any atom is 0.348 e. The summed E-state index contributed by atoms with van der Waals surface area (Å²) in [4.78, 5) is 13.1. The highest BCUT2D eigenvalue weighted by atomic mass is 32.1. The van der Waals surface area contributed by atoms with Crippen LogP contribution in [-0.2, 0) is 0 Å². The van der Waals surface area contributed by atoms with Crippen LogP contribution in [0.4, 0.5) is 0 Å². The van der Waals surface area contributed by atoms with E-state index in [1.54, 1.807) is 0 Å². The molecule has 3 nitrogen and oxygen atoms in total. The van der Waals surface area contributed by atoms with Gasteiger partial charge in [-0.2, -0.15) is 0 Å². The lowest BCUT2D eigenvalue weighted by molar-refractivity contribution is 0.0698. The zero-order valence-corrected chi connectivity index (χ0v) is 7.15. The van der Waals surface area contributed by atoms with E-state index >= 15 is 0 Å². The fourth-order valence-corrected chi connectivity index (χ4v) is 1.89. The smallest absolute Gasteiger partial charge is 0.348 e. The van der Waals surface area contributed by atoms with Crippen LogP contribution >= 0.6 is 36.2 Å². The quantitative estimate of drug-likeness (QED) is 0.471. The van der Waals surface area contributed by atoms with E-state index in [9.17, 15) is 4.79 Å². The number of aromatic carboxylic acids is 1. The van der Waals surface area contributed by atoms with Gasteiger partial charge in [-0.3, -0.25) is 0 Å². The Morgan fingerprint density at radius 2 is 2.40 bits per heavy atom. The molecule has 0 aromatic carbocycles. The van der Waals surface area contributed by atoms with Gasteiger partial charge in [0.2, 0.25) is 0 Å². The highest BCUT2D eigenvalue weighted by Crippen LogP contribution is 2.17. The fraction of sp³-hybridized carbons (Fsp3) is 0. The van der Waals surface area contributed by atoms with Crippen molar-refractivity contribution >= 4 is 42.2 Å². The molecule has 0 saturated heterocycles. The number of nitrogens with one attached hydrogen (secondary N) is 1. The minimum Gasteiger partial charge on any atom is -0.477 e. The second-order valence-electron chi connectivity index (χ2n) is 1.50. The highest BCUT2D eigenvalue weighted by Gasteiger charge is 2.09. The van der Waals surface area contributed by atoms with E-state index in [4.69, 9.17) is 17.3 Å². The Morgan fingerprint density at radius 1 is 1.80 bits per heavy atom. The maximum atomic E-state index is 10.3. The van der Waals surface area contributed by atoms with Crippen molar-refractivity contribution in [1.82, 2.24) is 4.98 Å². The van der Waals surface area contributed by atoms with Crippen LogP contribution in [0.3, 0.4) is 0 Å². The van der Waals surface area contributed by atoms with Gasteiger partial charge in [0.1, 0.15) is 4.88 Å². The van der Waals surface area contributed by atoms with Gasteiger partial charge in [0.05, 0.1) is 5.03 Å². The Labute approximate surface area is 71.1 Å². The topological polar surface area (TPSA) is 53.1 Å². The lowest BCUT2D eigenvalue weighted by Gasteiger charge is -1.84.